The number of piperazine rings is 1. The average Bonchev–Trinajstić information content (AvgIpc) is 2.93. The fraction of sp³-hybridized carbons (Fsp3) is 0.375. The number of amides is 1. The molecule has 2 heterocycles. The van der Waals surface area contributed by atoms with Crippen LogP contribution < -0.4 is 0 Å². The molecule has 0 spiro atoms. The topological polar surface area (TPSA) is 36.4 Å². The van der Waals surface area contributed by atoms with E-state index < -0.39 is 0 Å². The summed E-state index contributed by atoms with van der Waals surface area (Å²) in [5.74, 6) is 0.122. The van der Waals surface area contributed by atoms with Gasteiger partial charge in [0.05, 0.1) is 6.54 Å². The highest BCUT2D eigenvalue weighted by atomic mass is 79.9. The first-order chi connectivity index (χ1) is 10.6. The van der Waals surface area contributed by atoms with Crippen LogP contribution in [0.1, 0.15) is 21.1 Å². The number of aryl methyl sites for hydroxylation is 1. The van der Waals surface area contributed by atoms with E-state index in [0.29, 0.717) is 0 Å². The molecule has 0 unspecified atom stereocenters. The lowest BCUT2D eigenvalue weighted by Gasteiger charge is -2.34. The highest BCUT2D eigenvalue weighted by molar-refractivity contribution is 9.10. The highest BCUT2D eigenvalue weighted by Gasteiger charge is 2.22. The summed E-state index contributed by atoms with van der Waals surface area (Å²) >= 11 is 5.11. The predicted octanol–water partition coefficient (Wildman–Crippen LogP) is 3.59. The van der Waals surface area contributed by atoms with E-state index in [4.69, 9.17) is 0 Å². The molecule has 1 saturated heterocycles. The normalized spacial score (nSPS) is 15.3. The van der Waals surface area contributed by atoms with Gasteiger partial charge in [-0.25, -0.2) is 4.98 Å². The van der Waals surface area contributed by atoms with E-state index in [0.717, 1.165) is 53.5 Å². The number of halogens is 2. The van der Waals surface area contributed by atoms with E-state index in [9.17, 15) is 4.79 Å². The summed E-state index contributed by atoms with van der Waals surface area (Å²) in [5, 5.41) is 3.24. The summed E-state index contributed by atoms with van der Waals surface area (Å²) < 4.78 is 0.993. The van der Waals surface area contributed by atoms with Gasteiger partial charge >= 0.3 is 0 Å². The van der Waals surface area contributed by atoms with Crippen LogP contribution in [0.25, 0.3) is 0 Å². The largest absolute Gasteiger partial charge is 0.336 e. The second-order valence-electron chi connectivity index (χ2n) is 5.46. The molecule has 1 amide bonds. The van der Waals surface area contributed by atoms with Crippen LogP contribution in [-0.2, 0) is 6.54 Å². The molecule has 0 atom stereocenters. The Bertz CT molecular complexity index is 654. The first-order valence-corrected chi connectivity index (χ1v) is 8.97. The third kappa shape index (κ3) is 4.76. The van der Waals surface area contributed by atoms with Crippen molar-refractivity contribution in [2.24, 2.45) is 0 Å². The molecule has 0 N–H and O–H groups in total. The van der Waals surface area contributed by atoms with Gasteiger partial charge < -0.3 is 4.90 Å². The van der Waals surface area contributed by atoms with Gasteiger partial charge in [-0.05, 0) is 31.2 Å². The summed E-state index contributed by atoms with van der Waals surface area (Å²) in [5.41, 5.74) is 1.84. The third-order valence-electron chi connectivity index (χ3n) is 3.78. The molecular weight excluding hydrogens is 398 g/mol. The molecule has 0 saturated carbocycles. The van der Waals surface area contributed by atoms with Crippen molar-refractivity contribution >= 4 is 45.6 Å². The number of thiazole rings is 1. The van der Waals surface area contributed by atoms with Crippen molar-refractivity contribution in [3.05, 3.63) is 50.4 Å². The van der Waals surface area contributed by atoms with Crippen LogP contribution in [0.4, 0.5) is 0 Å². The van der Waals surface area contributed by atoms with Gasteiger partial charge in [0.15, 0.2) is 0 Å². The van der Waals surface area contributed by atoms with Crippen molar-refractivity contribution in [3.63, 3.8) is 0 Å². The molecule has 3 rings (SSSR count). The van der Waals surface area contributed by atoms with Crippen LogP contribution >= 0.6 is 39.7 Å². The Morgan fingerprint density at radius 1 is 1.22 bits per heavy atom. The number of hydrogen-bond acceptors (Lipinski definition) is 4. The van der Waals surface area contributed by atoms with Crippen LogP contribution in [-0.4, -0.2) is 46.9 Å². The Morgan fingerprint density at radius 3 is 2.43 bits per heavy atom. The molecule has 0 aliphatic carbocycles. The quantitative estimate of drug-likeness (QED) is 0.767. The maximum absolute atomic E-state index is 12.5. The number of carbonyl (C=O) groups is 1. The van der Waals surface area contributed by atoms with E-state index in [2.05, 4.69) is 31.2 Å². The van der Waals surface area contributed by atoms with Gasteiger partial charge in [-0.15, -0.1) is 23.7 Å². The zero-order valence-electron chi connectivity index (χ0n) is 12.9. The summed E-state index contributed by atoms with van der Waals surface area (Å²) in [6, 6.07) is 7.57. The van der Waals surface area contributed by atoms with E-state index in [1.807, 2.05) is 36.1 Å². The van der Waals surface area contributed by atoms with E-state index in [-0.39, 0.29) is 18.3 Å². The minimum atomic E-state index is 0. The molecule has 1 aromatic heterocycles. The number of carbonyl (C=O) groups excluding carboxylic acids is 1. The van der Waals surface area contributed by atoms with E-state index in [1.165, 1.54) is 0 Å². The Hall–Kier alpha value is -0.950. The highest BCUT2D eigenvalue weighted by Crippen LogP contribution is 2.16. The summed E-state index contributed by atoms with van der Waals surface area (Å²) in [6.07, 6.45) is 0. The summed E-state index contributed by atoms with van der Waals surface area (Å²) in [4.78, 5) is 21.3. The predicted molar refractivity (Wildman–Crippen MR) is 99.4 cm³/mol. The van der Waals surface area contributed by atoms with E-state index >= 15 is 0 Å². The van der Waals surface area contributed by atoms with Crippen LogP contribution in [0.5, 0.6) is 0 Å². The van der Waals surface area contributed by atoms with Crippen molar-refractivity contribution in [1.29, 1.82) is 0 Å². The molecule has 1 aliphatic rings. The minimum Gasteiger partial charge on any atom is -0.336 e. The van der Waals surface area contributed by atoms with Gasteiger partial charge in [0.25, 0.3) is 5.91 Å². The number of aromatic nitrogens is 1. The van der Waals surface area contributed by atoms with Crippen LogP contribution in [0.15, 0.2) is 34.1 Å². The van der Waals surface area contributed by atoms with Gasteiger partial charge in [-0.2, -0.15) is 0 Å². The fourth-order valence-electron chi connectivity index (χ4n) is 2.55. The molecule has 124 valence electrons. The zero-order chi connectivity index (χ0) is 15.5. The van der Waals surface area contributed by atoms with Gasteiger partial charge in [-0.3, -0.25) is 9.69 Å². The molecule has 7 heteroatoms. The molecule has 4 nitrogen and oxygen atoms in total. The van der Waals surface area contributed by atoms with Crippen molar-refractivity contribution < 1.29 is 4.79 Å². The van der Waals surface area contributed by atoms with Crippen LogP contribution in [0.2, 0.25) is 0 Å². The maximum Gasteiger partial charge on any atom is 0.253 e. The van der Waals surface area contributed by atoms with Crippen LogP contribution in [0, 0.1) is 6.92 Å². The minimum absolute atomic E-state index is 0. The molecule has 1 aliphatic heterocycles. The lowest BCUT2D eigenvalue weighted by Crippen LogP contribution is -2.48. The monoisotopic (exact) mass is 415 g/mol. The van der Waals surface area contributed by atoms with Gasteiger partial charge in [0, 0.05) is 47.3 Å². The number of benzene rings is 1. The van der Waals surface area contributed by atoms with E-state index in [1.54, 1.807) is 11.3 Å². The SMILES string of the molecule is Cc1csc(CN2CCN(C(=O)c3ccc(Br)cc3)CC2)n1.Cl. The number of nitrogens with zero attached hydrogens (tertiary/aromatic N) is 3. The molecule has 1 fully saturated rings. The Labute approximate surface area is 155 Å². The third-order valence-corrected chi connectivity index (χ3v) is 5.26. The van der Waals surface area contributed by atoms with Gasteiger partial charge in [0.2, 0.25) is 0 Å². The first kappa shape index (κ1) is 18.4. The molecule has 1 aromatic carbocycles. The smallest absolute Gasteiger partial charge is 0.253 e. The molecule has 0 radical (unpaired) electrons. The lowest BCUT2D eigenvalue weighted by atomic mass is 10.2. The van der Waals surface area contributed by atoms with Crippen molar-refractivity contribution in [2.75, 3.05) is 26.2 Å². The van der Waals surface area contributed by atoms with Gasteiger partial charge in [0.1, 0.15) is 5.01 Å². The van der Waals surface area contributed by atoms with Crippen LogP contribution in [0.3, 0.4) is 0 Å². The maximum atomic E-state index is 12.5. The Morgan fingerprint density at radius 2 is 1.87 bits per heavy atom. The molecule has 2 aromatic rings. The number of hydrogen-bond donors (Lipinski definition) is 0. The van der Waals surface area contributed by atoms with Crippen molar-refractivity contribution in [1.82, 2.24) is 14.8 Å². The fourth-order valence-corrected chi connectivity index (χ4v) is 3.63. The summed E-state index contributed by atoms with van der Waals surface area (Å²) in [7, 11) is 0. The van der Waals surface area contributed by atoms with Crippen molar-refractivity contribution in [2.45, 2.75) is 13.5 Å². The second kappa shape index (κ2) is 8.24. The summed E-state index contributed by atoms with van der Waals surface area (Å²) in [6.45, 7) is 6.27. The zero-order valence-corrected chi connectivity index (χ0v) is 16.1. The molecular formula is C16H19BrClN3OS. The standard InChI is InChI=1S/C16H18BrN3OS.ClH/c1-12-11-22-15(18-12)10-19-6-8-20(9-7-19)16(21)13-2-4-14(17)5-3-13;/h2-5,11H,6-10H2,1H3;1H. The Kier molecular flexibility index (Phi) is 6.59. The average molecular weight is 417 g/mol. The van der Waals surface area contributed by atoms with Crippen molar-refractivity contribution in [3.8, 4) is 0 Å². The molecule has 23 heavy (non-hydrogen) atoms. The lowest BCUT2D eigenvalue weighted by molar-refractivity contribution is 0.0628. The van der Waals surface area contributed by atoms with Gasteiger partial charge in [-0.1, -0.05) is 15.9 Å². The number of rotatable bonds is 3. The first-order valence-electron chi connectivity index (χ1n) is 7.30. The molecule has 0 bridgehead atoms. The second-order valence-corrected chi connectivity index (χ2v) is 7.32. The Balaban J connectivity index is 0.00000192.